The van der Waals surface area contributed by atoms with Crippen LogP contribution in [0.2, 0.25) is 0 Å². The van der Waals surface area contributed by atoms with Crippen LogP contribution in [0.5, 0.6) is 5.75 Å². The summed E-state index contributed by atoms with van der Waals surface area (Å²) in [6.45, 7) is 8.80. The number of amides is 3. The van der Waals surface area contributed by atoms with Crippen molar-refractivity contribution in [3.63, 3.8) is 0 Å². The normalized spacial score (nSPS) is 17.5. The SMILES string of the molecule is CC(C)C[C@H](NC(=O)c1cc2cc(OCCN3CCOCC3)ccc2o1)C(=O)NC1CCCN(C(=O)Cc2cccc(-c3ccccn3)c2)CC1=O. The minimum Gasteiger partial charge on any atom is -0.492 e. The van der Waals surface area contributed by atoms with Crippen molar-refractivity contribution in [2.45, 2.75) is 51.6 Å². The van der Waals surface area contributed by atoms with Gasteiger partial charge in [0.2, 0.25) is 11.8 Å². The fourth-order valence-corrected chi connectivity index (χ4v) is 6.60. The number of nitrogens with zero attached hydrogens (tertiary/aromatic N) is 3. The van der Waals surface area contributed by atoms with E-state index < -0.39 is 23.9 Å². The summed E-state index contributed by atoms with van der Waals surface area (Å²) in [6, 6.07) is 18.7. The molecule has 52 heavy (non-hydrogen) atoms. The molecule has 0 radical (unpaired) electrons. The van der Waals surface area contributed by atoms with E-state index in [1.54, 1.807) is 29.3 Å². The van der Waals surface area contributed by atoms with Crippen LogP contribution >= 0.6 is 0 Å². The number of nitrogens with one attached hydrogen (secondary N) is 2. The lowest BCUT2D eigenvalue weighted by Crippen LogP contribution is -2.52. The van der Waals surface area contributed by atoms with Gasteiger partial charge in [-0.15, -0.1) is 0 Å². The van der Waals surface area contributed by atoms with Crippen molar-refractivity contribution in [1.29, 1.82) is 0 Å². The number of fused-ring (bicyclic) bond motifs is 1. The predicted octanol–water partition coefficient (Wildman–Crippen LogP) is 4.27. The standard InChI is InChI=1S/C40H47N5O7/c1-27(2)21-34(43-40(49)37-25-30-24-31(11-12-36(30)52-37)51-20-17-44-15-18-50-19-16-44)39(48)42-33-10-6-14-45(26-35(33)46)38(47)23-28-7-5-8-29(22-28)32-9-3-4-13-41-32/h3-5,7-9,11-13,22,24-25,27,33-34H,6,10,14-21,23,26H2,1-2H3,(H,42,48)(H,43,49)/t33?,34-/m0/s1. The smallest absolute Gasteiger partial charge is 0.287 e. The molecule has 2 aromatic carbocycles. The monoisotopic (exact) mass is 709 g/mol. The number of furan rings is 1. The summed E-state index contributed by atoms with van der Waals surface area (Å²) in [7, 11) is 0. The molecule has 2 aromatic heterocycles. The lowest BCUT2D eigenvalue weighted by molar-refractivity contribution is -0.135. The number of hydrogen-bond acceptors (Lipinski definition) is 9. The zero-order chi connectivity index (χ0) is 36.5. The molecule has 2 aliphatic heterocycles. The van der Waals surface area contributed by atoms with Gasteiger partial charge in [-0.05, 0) is 73.2 Å². The van der Waals surface area contributed by atoms with Crippen LogP contribution in [-0.4, -0.2) is 103 Å². The molecule has 2 saturated heterocycles. The number of pyridine rings is 1. The van der Waals surface area contributed by atoms with E-state index in [1.807, 2.05) is 62.4 Å². The Bertz CT molecular complexity index is 1850. The number of benzene rings is 2. The van der Waals surface area contributed by atoms with E-state index >= 15 is 0 Å². The van der Waals surface area contributed by atoms with Crippen molar-refractivity contribution in [3.05, 3.63) is 84.3 Å². The lowest BCUT2D eigenvalue weighted by atomic mass is 10.0. The average molecular weight is 710 g/mol. The molecule has 0 aliphatic carbocycles. The molecule has 274 valence electrons. The highest BCUT2D eigenvalue weighted by molar-refractivity contribution is 6.00. The fraction of sp³-hybridized carbons (Fsp3) is 0.425. The summed E-state index contributed by atoms with van der Waals surface area (Å²) in [4.78, 5) is 61.9. The summed E-state index contributed by atoms with van der Waals surface area (Å²) >= 11 is 0. The molecule has 2 aliphatic rings. The largest absolute Gasteiger partial charge is 0.492 e. The van der Waals surface area contributed by atoms with Gasteiger partial charge in [0.1, 0.15) is 24.0 Å². The van der Waals surface area contributed by atoms with E-state index in [0.29, 0.717) is 49.1 Å². The van der Waals surface area contributed by atoms with Crippen LogP contribution in [0.25, 0.3) is 22.2 Å². The van der Waals surface area contributed by atoms with Gasteiger partial charge in [0.25, 0.3) is 5.91 Å². The Balaban J connectivity index is 1.03. The van der Waals surface area contributed by atoms with Crippen molar-refractivity contribution < 1.29 is 33.1 Å². The van der Waals surface area contributed by atoms with Gasteiger partial charge in [-0.25, -0.2) is 0 Å². The van der Waals surface area contributed by atoms with Crippen molar-refractivity contribution >= 4 is 34.5 Å². The first-order valence-corrected chi connectivity index (χ1v) is 18.1. The number of carbonyl (C=O) groups excluding carboxylic acids is 4. The minimum atomic E-state index is -0.889. The third-order valence-corrected chi connectivity index (χ3v) is 9.39. The predicted molar refractivity (Wildman–Crippen MR) is 196 cm³/mol. The summed E-state index contributed by atoms with van der Waals surface area (Å²) in [5, 5.41) is 6.42. The first kappa shape index (κ1) is 36.7. The number of aromatic nitrogens is 1. The zero-order valence-electron chi connectivity index (χ0n) is 29.8. The van der Waals surface area contributed by atoms with Crippen molar-refractivity contribution in [2.24, 2.45) is 5.92 Å². The van der Waals surface area contributed by atoms with Crippen LogP contribution in [0.3, 0.4) is 0 Å². The Morgan fingerprint density at radius 3 is 2.63 bits per heavy atom. The highest BCUT2D eigenvalue weighted by Gasteiger charge is 2.32. The highest BCUT2D eigenvalue weighted by atomic mass is 16.5. The van der Waals surface area contributed by atoms with Crippen LogP contribution in [0.4, 0.5) is 0 Å². The van der Waals surface area contributed by atoms with Gasteiger partial charge in [0, 0.05) is 43.3 Å². The second-order valence-electron chi connectivity index (χ2n) is 13.8. The molecule has 2 fully saturated rings. The number of likely N-dealkylation sites (tertiary alicyclic amines) is 1. The molecule has 0 bridgehead atoms. The Morgan fingerprint density at radius 1 is 1.00 bits per heavy atom. The van der Waals surface area contributed by atoms with Crippen LogP contribution < -0.4 is 15.4 Å². The summed E-state index contributed by atoms with van der Waals surface area (Å²) < 4.78 is 17.2. The van der Waals surface area contributed by atoms with E-state index in [0.717, 1.165) is 49.7 Å². The number of carbonyl (C=O) groups is 4. The van der Waals surface area contributed by atoms with Gasteiger partial charge >= 0.3 is 0 Å². The molecular formula is C40H47N5O7. The van der Waals surface area contributed by atoms with Gasteiger partial charge in [0.15, 0.2) is 11.5 Å². The maximum atomic E-state index is 13.6. The van der Waals surface area contributed by atoms with Gasteiger partial charge in [-0.1, -0.05) is 38.1 Å². The van der Waals surface area contributed by atoms with Crippen molar-refractivity contribution in [2.75, 3.05) is 52.5 Å². The molecule has 3 amide bonds. The Kier molecular flexibility index (Phi) is 12.3. The summed E-state index contributed by atoms with van der Waals surface area (Å²) in [5.41, 5.74) is 3.09. The maximum Gasteiger partial charge on any atom is 0.287 e. The van der Waals surface area contributed by atoms with Gasteiger partial charge < -0.3 is 29.4 Å². The first-order valence-electron chi connectivity index (χ1n) is 18.1. The van der Waals surface area contributed by atoms with Crippen LogP contribution in [-0.2, 0) is 25.5 Å². The quantitative estimate of drug-likeness (QED) is 0.208. The number of ether oxygens (including phenoxy) is 2. The third kappa shape index (κ3) is 9.83. The van der Waals surface area contributed by atoms with Gasteiger partial charge in [0.05, 0.1) is 37.9 Å². The van der Waals surface area contributed by atoms with Gasteiger partial charge in [-0.2, -0.15) is 0 Å². The molecule has 12 heteroatoms. The number of rotatable bonds is 13. The number of morpholine rings is 1. The van der Waals surface area contributed by atoms with Crippen LogP contribution in [0, 0.1) is 5.92 Å². The Hall–Kier alpha value is -5.07. The summed E-state index contributed by atoms with van der Waals surface area (Å²) in [5.74, 6) is -0.530. The highest BCUT2D eigenvalue weighted by Crippen LogP contribution is 2.25. The van der Waals surface area contributed by atoms with Crippen LogP contribution in [0.15, 0.2) is 77.3 Å². The van der Waals surface area contributed by atoms with Crippen molar-refractivity contribution in [3.8, 4) is 17.0 Å². The topological polar surface area (TPSA) is 143 Å². The second-order valence-corrected chi connectivity index (χ2v) is 13.8. The van der Waals surface area contributed by atoms with E-state index in [-0.39, 0.29) is 36.3 Å². The molecular weight excluding hydrogens is 662 g/mol. The van der Waals surface area contributed by atoms with E-state index in [4.69, 9.17) is 13.9 Å². The zero-order valence-corrected chi connectivity index (χ0v) is 29.8. The maximum absolute atomic E-state index is 13.6. The Morgan fingerprint density at radius 2 is 1.85 bits per heavy atom. The molecule has 1 unspecified atom stereocenters. The minimum absolute atomic E-state index is 0.0762. The van der Waals surface area contributed by atoms with Gasteiger partial charge in [-0.3, -0.25) is 29.1 Å². The number of Topliss-reactive ketones (excluding diaryl/α,β-unsaturated/α-hetero) is 1. The number of ketones is 1. The van der Waals surface area contributed by atoms with E-state index in [9.17, 15) is 19.2 Å². The van der Waals surface area contributed by atoms with E-state index in [1.165, 1.54) is 0 Å². The fourth-order valence-electron chi connectivity index (χ4n) is 6.60. The molecule has 6 rings (SSSR count). The Labute approximate surface area is 303 Å². The number of hydrogen-bond donors (Lipinski definition) is 2. The molecule has 2 N–H and O–H groups in total. The molecule has 12 nitrogen and oxygen atoms in total. The molecule has 0 spiro atoms. The van der Waals surface area contributed by atoms with Crippen LogP contribution in [0.1, 0.15) is 49.2 Å². The third-order valence-electron chi connectivity index (χ3n) is 9.39. The second kappa shape index (κ2) is 17.4. The van der Waals surface area contributed by atoms with Crippen molar-refractivity contribution in [1.82, 2.24) is 25.4 Å². The average Bonchev–Trinajstić information content (AvgIpc) is 3.49. The molecule has 0 saturated carbocycles. The van der Waals surface area contributed by atoms with E-state index in [2.05, 4.69) is 20.5 Å². The summed E-state index contributed by atoms with van der Waals surface area (Å²) in [6.07, 6.45) is 3.19. The lowest BCUT2D eigenvalue weighted by Gasteiger charge is -2.26. The first-order chi connectivity index (χ1) is 25.2. The molecule has 2 atom stereocenters. The molecule has 4 aromatic rings. The molecule has 4 heterocycles.